The van der Waals surface area contributed by atoms with Gasteiger partial charge in [0.15, 0.2) is 6.61 Å². The van der Waals surface area contributed by atoms with Crippen LogP contribution in [0.3, 0.4) is 0 Å². The van der Waals surface area contributed by atoms with Gasteiger partial charge in [-0.3, -0.25) is 9.59 Å². The number of nitrogens with two attached hydrogens (primary N) is 1. The highest BCUT2D eigenvalue weighted by Crippen LogP contribution is 2.19. The van der Waals surface area contributed by atoms with Gasteiger partial charge in [0.05, 0.1) is 16.9 Å². The van der Waals surface area contributed by atoms with Crippen molar-refractivity contribution in [2.75, 3.05) is 6.61 Å². The van der Waals surface area contributed by atoms with Gasteiger partial charge in [0.1, 0.15) is 0 Å². The number of nitrogens with one attached hydrogen (secondary N) is 1. The second-order valence-corrected chi connectivity index (χ2v) is 7.55. The third-order valence-electron chi connectivity index (χ3n) is 4.03. The molecule has 0 radical (unpaired) electrons. The van der Waals surface area contributed by atoms with Crippen LogP contribution in [0.1, 0.15) is 37.8 Å². The fourth-order valence-electron chi connectivity index (χ4n) is 2.57. The van der Waals surface area contributed by atoms with Gasteiger partial charge >= 0.3 is 5.97 Å². The lowest BCUT2D eigenvalue weighted by Gasteiger charge is -2.18. The maximum absolute atomic E-state index is 11.9. The Bertz CT molecular complexity index is 756. The number of allylic oxidation sites excluding steroid dienone is 2. The summed E-state index contributed by atoms with van der Waals surface area (Å²) in [6.07, 6.45) is 6.21. The van der Waals surface area contributed by atoms with Gasteiger partial charge in [0.2, 0.25) is 10.0 Å². The van der Waals surface area contributed by atoms with Gasteiger partial charge in [-0.25, -0.2) is 13.6 Å². The van der Waals surface area contributed by atoms with Crippen molar-refractivity contribution in [1.82, 2.24) is 5.32 Å². The first-order valence-electron chi connectivity index (χ1n) is 8.01. The number of rotatable bonds is 6. The average Bonchev–Trinajstić information content (AvgIpc) is 2.59. The number of sulfonamides is 1. The minimum absolute atomic E-state index is 0.00485. The van der Waals surface area contributed by atoms with Gasteiger partial charge < -0.3 is 10.1 Å². The van der Waals surface area contributed by atoms with Crippen molar-refractivity contribution in [3.63, 3.8) is 0 Å². The molecule has 0 saturated heterocycles. The summed E-state index contributed by atoms with van der Waals surface area (Å²) in [5, 5.41) is 7.74. The highest BCUT2D eigenvalue weighted by atomic mass is 32.2. The number of hydrogen-bond donors (Lipinski definition) is 2. The molecule has 0 heterocycles. The molecule has 1 aromatic carbocycles. The molecular formula is C17H22N2O5S. The van der Waals surface area contributed by atoms with E-state index in [-0.39, 0.29) is 29.4 Å². The third-order valence-corrected chi connectivity index (χ3v) is 4.96. The number of carbonyl (C=O) groups is 2. The van der Waals surface area contributed by atoms with E-state index in [9.17, 15) is 18.0 Å². The molecule has 1 aliphatic carbocycles. The Morgan fingerprint density at radius 2 is 1.96 bits per heavy atom. The fraction of sp³-hybridized carbons (Fsp3) is 0.412. The SMILES string of the molecule is C[C@@H](NC(=O)COC(=O)[C@@H]1CC=CCC1)c1ccc(S(N)(=O)=O)cc1. The number of primary sulfonamides is 1. The Kier molecular flexibility index (Phi) is 6.33. The Morgan fingerprint density at radius 1 is 1.28 bits per heavy atom. The van der Waals surface area contributed by atoms with E-state index in [1.807, 2.05) is 12.2 Å². The molecule has 7 nitrogen and oxygen atoms in total. The van der Waals surface area contributed by atoms with Crippen LogP contribution in [0, 0.1) is 5.92 Å². The average molecular weight is 366 g/mol. The van der Waals surface area contributed by atoms with Gasteiger partial charge in [-0.1, -0.05) is 24.3 Å². The summed E-state index contributed by atoms with van der Waals surface area (Å²) in [7, 11) is -3.75. The summed E-state index contributed by atoms with van der Waals surface area (Å²) < 4.78 is 27.5. The van der Waals surface area contributed by atoms with Crippen LogP contribution < -0.4 is 10.5 Å². The first kappa shape index (κ1) is 19.1. The van der Waals surface area contributed by atoms with Crippen LogP contribution in [-0.2, 0) is 24.3 Å². The van der Waals surface area contributed by atoms with E-state index in [4.69, 9.17) is 9.88 Å². The summed E-state index contributed by atoms with van der Waals surface area (Å²) in [6.45, 7) is 1.41. The van der Waals surface area contributed by atoms with Crippen LogP contribution in [0.15, 0.2) is 41.3 Å². The second kappa shape index (κ2) is 8.26. The molecule has 2 atom stereocenters. The van der Waals surface area contributed by atoms with Gasteiger partial charge in [0.25, 0.3) is 5.91 Å². The molecule has 8 heteroatoms. The van der Waals surface area contributed by atoms with Crippen LogP contribution in [0.5, 0.6) is 0 Å². The Balaban J connectivity index is 1.83. The first-order chi connectivity index (χ1) is 11.8. The van der Waals surface area contributed by atoms with E-state index in [1.54, 1.807) is 19.1 Å². The van der Waals surface area contributed by atoms with Crippen LogP contribution in [0.4, 0.5) is 0 Å². The Hall–Kier alpha value is -2.19. The molecule has 1 aromatic rings. The quantitative estimate of drug-likeness (QED) is 0.583. The second-order valence-electron chi connectivity index (χ2n) is 5.99. The lowest BCUT2D eigenvalue weighted by Crippen LogP contribution is -2.32. The smallest absolute Gasteiger partial charge is 0.309 e. The third kappa shape index (κ3) is 5.68. The predicted molar refractivity (Wildman–Crippen MR) is 91.8 cm³/mol. The number of ether oxygens (including phenoxy) is 1. The molecule has 25 heavy (non-hydrogen) atoms. The summed E-state index contributed by atoms with van der Waals surface area (Å²) in [6, 6.07) is 5.54. The lowest BCUT2D eigenvalue weighted by molar-refractivity contribution is -0.153. The number of esters is 1. The van der Waals surface area contributed by atoms with Crippen molar-refractivity contribution >= 4 is 21.9 Å². The summed E-state index contributed by atoms with van der Waals surface area (Å²) in [4.78, 5) is 23.8. The van der Waals surface area contributed by atoms with E-state index in [1.165, 1.54) is 12.1 Å². The number of carbonyl (C=O) groups excluding carboxylic acids is 2. The summed E-state index contributed by atoms with van der Waals surface area (Å²) in [5.41, 5.74) is 0.712. The monoisotopic (exact) mass is 366 g/mol. The van der Waals surface area contributed by atoms with Crippen molar-refractivity contribution < 1.29 is 22.7 Å². The van der Waals surface area contributed by atoms with E-state index in [2.05, 4.69) is 5.32 Å². The number of hydrogen-bond acceptors (Lipinski definition) is 5. The molecule has 0 unspecified atom stereocenters. The first-order valence-corrected chi connectivity index (χ1v) is 9.56. The molecule has 2 rings (SSSR count). The molecule has 1 amide bonds. The van der Waals surface area contributed by atoms with Gasteiger partial charge in [-0.2, -0.15) is 0 Å². The number of benzene rings is 1. The van der Waals surface area contributed by atoms with Crippen molar-refractivity contribution in [2.24, 2.45) is 11.1 Å². The minimum atomic E-state index is -3.75. The van der Waals surface area contributed by atoms with Crippen LogP contribution in [0.2, 0.25) is 0 Å². The molecule has 0 saturated carbocycles. The van der Waals surface area contributed by atoms with E-state index in [0.29, 0.717) is 12.0 Å². The van der Waals surface area contributed by atoms with Gasteiger partial charge in [-0.05, 0) is 43.9 Å². The van der Waals surface area contributed by atoms with Crippen LogP contribution >= 0.6 is 0 Å². The zero-order valence-corrected chi connectivity index (χ0v) is 14.8. The Morgan fingerprint density at radius 3 is 2.52 bits per heavy atom. The van der Waals surface area contributed by atoms with Crippen LogP contribution in [0.25, 0.3) is 0 Å². The van der Waals surface area contributed by atoms with E-state index < -0.39 is 15.9 Å². The van der Waals surface area contributed by atoms with Crippen molar-refractivity contribution in [2.45, 2.75) is 37.1 Å². The zero-order chi connectivity index (χ0) is 18.4. The molecule has 0 bridgehead atoms. The maximum atomic E-state index is 11.9. The molecular weight excluding hydrogens is 344 g/mol. The van der Waals surface area contributed by atoms with Gasteiger partial charge in [0, 0.05) is 0 Å². The highest BCUT2D eigenvalue weighted by molar-refractivity contribution is 7.89. The van der Waals surface area contributed by atoms with Crippen molar-refractivity contribution in [3.8, 4) is 0 Å². The topological polar surface area (TPSA) is 116 Å². The Labute approximate surface area is 147 Å². The number of amides is 1. The summed E-state index contributed by atoms with van der Waals surface area (Å²) >= 11 is 0. The molecule has 136 valence electrons. The van der Waals surface area contributed by atoms with Gasteiger partial charge in [-0.15, -0.1) is 0 Å². The zero-order valence-electron chi connectivity index (χ0n) is 14.0. The minimum Gasteiger partial charge on any atom is -0.455 e. The van der Waals surface area contributed by atoms with E-state index in [0.717, 1.165) is 12.8 Å². The highest BCUT2D eigenvalue weighted by Gasteiger charge is 2.21. The molecule has 0 fully saturated rings. The van der Waals surface area contributed by atoms with Crippen molar-refractivity contribution in [1.29, 1.82) is 0 Å². The molecule has 0 aromatic heterocycles. The van der Waals surface area contributed by atoms with Crippen LogP contribution in [-0.4, -0.2) is 26.9 Å². The standard InChI is InChI=1S/C17H22N2O5S/c1-12(13-7-9-15(10-8-13)25(18,22)23)19-16(20)11-24-17(21)14-5-3-2-4-6-14/h2-3,7-10,12,14H,4-6,11H2,1H3,(H,19,20)(H2,18,22,23)/t12-,14-/m1/s1. The maximum Gasteiger partial charge on any atom is 0.309 e. The summed E-state index contributed by atoms with van der Waals surface area (Å²) in [5.74, 6) is -0.951. The molecule has 0 spiro atoms. The molecule has 3 N–H and O–H groups in total. The normalized spacial score (nSPS) is 18.4. The molecule has 0 aliphatic heterocycles. The largest absolute Gasteiger partial charge is 0.455 e. The predicted octanol–water partition coefficient (Wildman–Crippen LogP) is 1.41. The fourth-order valence-corrected chi connectivity index (χ4v) is 3.09. The lowest BCUT2D eigenvalue weighted by atomic mass is 9.95. The van der Waals surface area contributed by atoms with E-state index >= 15 is 0 Å². The molecule has 1 aliphatic rings. The van der Waals surface area contributed by atoms with Crippen molar-refractivity contribution in [3.05, 3.63) is 42.0 Å².